The molecule has 1 aliphatic heterocycles. The summed E-state index contributed by atoms with van der Waals surface area (Å²) in [7, 11) is 0. The molecule has 2 unspecified atom stereocenters. The van der Waals surface area contributed by atoms with Crippen molar-refractivity contribution in [2.45, 2.75) is 44.7 Å². The maximum absolute atomic E-state index is 12.5. The molecule has 2 aromatic rings. The Balaban J connectivity index is 1.56. The molecule has 0 bridgehead atoms. The van der Waals surface area contributed by atoms with Gasteiger partial charge in [0.2, 0.25) is 0 Å². The molecule has 26 heavy (non-hydrogen) atoms. The molecular formula is C18H21N5O3. The van der Waals surface area contributed by atoms with E-state index >= 15 is 0 Å². The molecule has 8 nitrogen and oxygen atoms in total. The van der Waals surface area contributed by atoms with Gasteiger partial charge in [0.15, 0.2) is 0 Å². The van der Waals surface area contributed by atoms with E-state index < -0.39 is 0 Å². The smallest absolute Gasteiger partial charge is 0.271 e. The van der Waals surface area contributed by atoms with E-state index in [0.29, 0.717) is 13.2 Å². The number of nitrogens with zero attached hydrogens (tertiary/aromatic N) is 4. The fourth-order valence-electron chi connectivity index (χ4n) is 3.49. The highest BCUT2D eigenvalue weighted by molar-refractivity contribution is 5.92. The van der Waals surface area contributed by atoms with Crippen LogP contribution >= 0.6 is 0 Å². The van der Waals surface area contributed by atoms with Crippen LogP contribution in [0.25, 0.3) is 0 Å². The summed E-state index contributed by atoms with van der Waals surface area (Å²) in [6.45, 7) is 2.49. The van der Waals surface area contributed by atoms with Crippen LogP contribution in [-0.4, -0.2) is 44.9 Å². The average molecular weight is 355 g/mol. The van der Waals surface area contributed by atoms with E-state index in [1.807, 2.05) is 6.92 Å². The molecule has 1 fully saturated rings. The largest absolute Gasteiger partial charge is 0.377 e. The lowest BCUT2D eigenvalue weighted by Gasteiger charge is -2.22. The van der Waals surface area contributed by atoms with Crippen LogP contribution in [-0.2, 0) is 17.6 Å². The molecule has 0 radical (unpaired) electrons. The summed E-state index contributed by atoms with van der Waals surface area (Å²) in [6, 6.07) is 1.03. The molecule has 1 saturated heterocycles. The summed E-state index contributed by atoms with van der Waals surface area (Å²) in [5, 5.41) is 7.49. The molecule has 3 heterocycles. The van der Waals surface area contributed by atoms with Crippen molar-refractivity contribution in [3.8, 4) is 0 Å². The minimum atomic E-state index is -0.336. The van der Waals surface area contributed by atoms with Gasteiger partial charge in [-0.15, -0.1) is 0 Å². The Morgan fingerprint density at radius 1 is 1.23 bits per heavy atom. The van der Waals surface area contributed by atoms with Crippen LogP contribution in [0.3, 0.4) is 0 Å². The standard InChI is InChI=1S/C18H21N5O3/c1-11-7-20-14(8-19-11)18(25)21-15-9-26-10-16(15)23-17(24)6-12-4-2-3-5-13(12)22-23/h6-8,15-16H,2-5,9-10H2,1H3,(H,21,25). The minimum absolute atomic E-state index is 0.143. The van der Waals surface area contributed by atoms with Gasteiger partial charge in [0.1, 0.15) is 11.7 Å². The van der Waals surface area contributed by atoms with Crippen molar-refractivity contribution in [3.05, 3.63) is 51.5 Å². The van der Waals surface area contributed by atoms with Crippen LogP contribution in [0.5, 0.6) is 0 Å². The molecule has 0 spiro atoms. The quantitative estimate of drug-likeness (QED) is 0.865. The van der Waals surface area contributed by atoms with E-state index in [1.165, 1.54) is 10.9 Å². The second kappa shape index (κ2) is 6.95. The third kappa shape index (κ3) is 3.24. The lowest BCUT2D eigenvalue weighted by atomic mass is 9.97. The van der Waals surface area contributed by atoms with Crippen molar-refractivity contribution in [2.24, 2.45) is 0 Å². The SMILES string of the molecule is Cc1cnc(C(=O)NC2COCC2n2nc3c(cc2=O)CCCC3)cn1. The molecule has 136 valence electrons. The molecule has 2 atom stereocenters. The van der Waals surface area contributed by atoms with Gasteiger partial charge in [-0.1, -0.05) is 0 Å². The zero-order chi connectivity index (χ0) is 18.1. The van der Waals surface area contributed by atoms with Crippen LogP contribution in [0.4, 0.5) is 0 Å². The van der Waals surface area contributed by atoms with E-state index in [1.54, 1.807) is 12.3 Å². The molecule has 8 heteroatoms. The number of amides is 1. The van der Waals surface area contributed by atoms with Gasteiger partial charge in [-0.25, -0.2) is 9.67 Å². The van der Waals surface area contributed by atoms with E-state index in [-0.39, 0.29) is 29.2 Å². The molecule has 1 N–H and O–H groups in total. The predicted molar refractivity (Wildman–Crippen MR) is 93.0 cm³/mol. The number of carbonyl (C=O) groups is 1. The van der Waals surface area contributed by atoms with Crippen LogP contribution in [0, 0.1) is 6.92 Å². The van der Waals surface area contributed by atoms with E-state index in [4.69, 9.17) is 4.74 Å². The molecule has 2 aromatic heterocycles. The Morgan fingerprint density at radius 3 is 2.88 bits per heavy atom. The van der Waals surface area contributed by atoms with Crippen LogP contribution in [0.15, 0.2) is 23.3 Å². The molecule has 0 aromatic carbocycles. The Labute approximate surface area is 150 Å². The number of fused-ring (bicyclic) bond motifs is 1. The number of aryl methyl sites for hydroxylation is 3. The van der Waals surface area contributed by atoms with Gasteiger partial charge in [0.25, 0.3) is 11.5 Å². The van der Waals surface area contributed by atoms with Gasteiger partial charge in [-0.2, -0.15) is 5.10 Å². The van der Waals surface area contributed by atoms with Gasteiger partial charge >= 0.3 is 0 Å². The minimum Gasteiger partial charge on any atom is -0.377 e. The number of rotatable bonds is 3. The number of hydrogen-bond donors (Lipinski definition) is 1. The zero-order valence-electron chi connectivity index (χ0n) is 14.6. The molecule has 2 aliphatic rings. The third-order valence-electron chi connectivity index (χ3n) is 4.93. The normalized spacial score (nSPS) is 22.0. The first-order chi connectivity index (χ1) is 12.6. The van der Waals surface area contributed by atoms with Crippen molar-refractivity contribution in [1.82, 2.24) is 25.1 Å². The monoisotopic (exact) mass is 355 g/mol. The number of ether oxygens (including phenoxy) is 1. The summed E-state index contributed by atoms with van der Waals surface area (Å²) in [4.78, 5) is 33.1. The van der Waals surface area contributed by atoms with Crippen molar-refractivity contribution in [1.29, 1.82) is 0 Å². The number of carbonyl (C=O) groups excluding carboxylic acids is 1. The Hall–Kier alpha value is -2.61. The second-order valence-electron chi connectivity index (χ2n) is 6.83. The highest BCUT2D eigenvalue weighted by Crippen LogP contribution is 2.21. The summed E-state index contributed by atoms with van der Waals surface area (Å²) in [5.41, 5.74) is 2.88. The summed E-state index contributed by atoms with van der Waals surface area (Å²) < 4.78 is 7.00. The lowest BCUT2D eigenvalue weighted by molar-refractivity contribution is 0.0919. The summed E-state index contributed by atoms with van der Waals surface area (Å²) >= 11 is 0. The third-order valence-corrected chi connectivity index (χ3v) is 4.93. The average Bonchev–Trinajstić information content (AvgIpc) is 3.09. The summed E-state index contributed by atoms with van der Waals surface area (Å²) in [6.07, 6.45) is 6.98. The van der Waals surface area contributed by atoms with Gasteiger partial charge in [0, 0.05) is 12.3 Å². The van der Waals surface area contributed by atoms with Crippen molar-refractivity contribution in [3.63, 3.8) is 0 Å². The second-order valence-corrected chi connectivity index (χ2v) is 6.83. The first-order valence-electron chi connectivity index (χ1n) is 8.90. The van der Waals surface area contributed by atoms with Gasteiger partial charge in [0.05, 0.1) is 36.8 Å². The van der Waals surface area contributed by atoms with Crippen molar-refractivity contribution < 1.29 is 9.53 Å². The van der Waals surface area contributed by atoms with Crippen molar-refractivity contribution >= 4 is 5.91 Å². The molecule has 1 amide bonds. The van der Waals surface area contributed by atoms with Crippen LogP contribution in [0.1, 0.15) is 46.3 Å². The van der Waals surface area contributed by atoms with Crippen LogP contribution < -0.4 is 10.9 Å². The van der Waals surface area contributed by atoms with E-state index in [0.717, 1.165) is 42.6 Å². The highest BCUT2D eigenvalue weighted by Gasteiger charge is 2.33. The topological polar surface area (TPSA) is 99.0 Å². The molecule has 0 saturated carbocycles. The molecular weight excluding hydrogens is 334 g/mol. The first-order valence-corrected chi connectivity index (χ1v) is 8.90. The van der Waals surface area contributed by atoms with Gasteiger partial charge < -0.3 is 10.1 Å². The maximum Gasteiger partial charge on any atom is 0.271 e. The molecule has 4 rings (SSSR count). The fourth-order valence-corrected chi connectivity index (χ4v) is 3.49. The first kappa shape index (κ1) is 16.8. The fraction of sp³-hybridized carbons (Fsp3) is 0.500. The molecule has 1 aliphatic carbocycles. The van der Waals surface area contributed by atoms with E-state index in [9.17, 15) is 9.59 Å². The van der Waals surface area contributed by atoms with Crippen molar-refractivity contribution in [2.75, 3.05) is 13.2 Å². The highest BCUT2D eigenvalue weighted by atomic mass is 16.5. The predicted octanol–water partition coefficient (Wildman–Crippen LogP) is 0.590. The number of hydrogen-bond acceptors (Lipinski definition) is 6. The van der Waals surface area contributed by atoms with Gasteiger partial charge in [-0.05, 0) is 38.2 Å². The Bertz CT molecular complexity index is 877. The Morgan fingerprint density at radius 2 is 2.08 bits per heavy atom. The van der Waals surface area contributed by atoms with Crippen LogP contribution in [0.2, 0.25) is 0 Å². The van der Waals surface area contributed by atoms with Gasteiger partial charge in [-0.3, -0.25) is 14.6 Å². The summed E-state index contributed by atoms with van der Waals surface area (Å²) in [5.74, 6) is -0.330. The number of nitrogens with one attached hydrogen (secondary N) is 1. The van der Waals surface area contributed by atoms with E-state index in [2.05, 4.69) is 20.4 Å². The zero-order valence-corrected chi connectivity index (χ0v) is 14.6. The lowest BCUT2D eigenvalue weighted by Crippen LogP contribution is -2.44. The maximum atomic E-state index is 12.5. The number of aromatic nitrogens is 4. The Kier molecular flexibility index (Phi) is 4.50.